The van der Waals surface area contributed by atoms with E-state index in [0.717, 1.165) is 11.1 Å². The van der Waals surface area contributed by atoms with Crippen LogP contribution in [-0.2, 0) is 23.1 Å². The fourth-order valence-corrected chi connectivity index (χ4v) is 4.99. The molecule has 0 radical (unpaired) electrons. The summed E-state index contributed by atoms with van der Waals surface area (Å²) >= 11 is 0. The Labute approximate surface area is 204 Å². The fraction of sp³-hybridized carbons (Fsp3) is 0.154. The van der Waals surface area contributed by atoms with Crippen molar-refractivity contribution in [1.82, 2.24) is 14.1 Å². The van der Waals surface area contributed by atoms with Gasteiger partial charge in [-0.1, -0.05) is 48.5 Å². The van der Waals surface area contributed by atoms with E-state index in [1.807, 2.05) is 60.8 Å². The second-order valence-electron chi connectivity index (χ2n) is 7.93. The lowest BCUT2D eigenvalue weighted by atomic mass is 10.1. The first-order valence-corrected chi connectivity index (χ1v) is 12.4. The third-order valence-electron chi connectivity index (χ3n) is 5.52. The number of carbonyl (C=O) groups excluding carboxylic acids is 1. The number of anilines is 1. The van der Waals surface area contributed by atoms with Crippen LogP contribution >= 0.6 is 0 Å². The number of methoxy groups -OCH3 is 1. The van der Waals surface area contributed by atoms with E-state index < -0.39 is 15.9 Å². The zero-order chi connectivity index (χ0) is 24.8. The summed E-state index contributed by atoms with van der Waals surface area (Å²) in [6.07, 6.45) is 3.53. The number of hydrogen-bond donors (Lipinski definition) is 1. The maximum absolute atomic E-state index is 13.4. The van der Waals surface area contributed by atoms with E-state index in [1.54, 1.807) is 23.0 Å². The zero-order valence-corrected chi connectivity index (χ0v) is 20.3. The van der Waals surface area contributed by atoms with Crippen molar-refractivity contribution in [1.29, 1.82) is 0 Å². The van der Waals surface area contributed by atoms with Crippen LogP contribution in [0.25, 0.3) is 0 Å². The van der Waals surface area contributed by atoms with Crippen molar-refractivity contribution < 1.29 is 17.9 Å². The predicted octanol–water partition coefficient (Wildman–Crippen LogP) is 4.01. The Hall–Kier alpha value is -3.95. The number of amides is 1. The van der Waals surface area contributed by atoms with Crippen molar-refractivity contribution in [3.8, 4) is 5.75 Å². The van der Waals surface area contributed by atoms with E-state index in [9.17, 15) is 13.2 Å². The van der Waals surface area contributed by atoms with Crippen molar-refractivity contribution >= 4 is 21.6 Å². The number of hydrogen-bond acceptors (Lipinski definition) is 5. The second-order valence-corrected chi connectivity index (χ2v) is 9.94. The number of carbonyl (C=O) groups is 1. The highest BCUT2D eigenvalue weighted by atomic mass is 32.2. The highest BCUT2D eigenvalue weighted by molar-refractivity contribution is 7.89. The molecule has 1 amide bonds. The molecule has 180 valence electrons. The molecule has 4 rings (SSSR count). The van der Waals surface area contributed by atoms with Crippen LogP contribution in [0.15, 0.2) is 96.2 Å². The molecule has 1 N–H and O–H groups in total. The first kappa shape index (κ1) is 24.2. The van der Waals surface area contributed by atoms with Gasteiger partial charge in [-0.3, -0.25) is 9.48 Å². The van der Waals surface area contributed by atoms with Gasteiger partial charge in [-0.15, -0.1) is 0 Å². The quantitative estimate of drug-likeness (QED) is 0.383. The van der Waals surface area contributed by atoms with E-state index in [-0.39, 0.29) is 22.8 Å². The molecule has 0 aliphatic heterocycles. The van der Waals surface area contributed by atoms with Gasteiger partial charge in [0.15, 0.2) is 0 Å². The van der Waals surface area contributed by atoms with Gasteiger partial charge in [-0.25, -0.2) is 8.42 Å². The van der Waals surface area contributed by atoms with Crippen LogP contribution in [-0.4, -0.2) is 42.6 Å². The Morgan fingerprint density at radius 2 is 1.77 bits per heavy atom. The summed E-state index contributed by atoms with van der Waals surface area (Å²) in [7, 11) is -1.03. The largest absolute Gasteiger partial charge is 0.495 e. The van der Waals surface area contributed by atoms with Gasteiger partial charge in [-0.05, 0) is 41.5 Å². The molecule has 1 aromatic heterocycles. The number of ether oxygens (including phenoxy) is 1. The normalized spacial score (nSPS) is 11.4. The Kier molecular flexibility index (Phi) is 7.28. The topological polar surface area (TPSA) is 93.5 Å². The minimum absolute atomic E-state index is 0.0732. The molecule has 0 atom stereocenters. The van der Waals surface area contributed by atoms with Crippen LogP contribution in [0.5, 0.6) is 5.75 Å². The predicted molar refractivity (Wildman–Crippen MR) is 134 cm³/mol. The first-order chi connectivity index (χ1) is 16.9. The van der Waals surface area contributed by atoms with Crippen molar-refractivity contribution in [3.05, 3.63) is 108 Å². The van der Waals surface area contributed by atoms with Crippen molar-refractivity contribution in [2.24, 2.45) is 0 Å². The molecule has 9 heteroatoms. The van der Waals surface area contributed by atoms with Gasteiger partial charge in [0.1, 0.15) is 10.6 Å². The molecular weight excluding hydrogens is 464 g/mol. The first-order valence-electron chi connectivity index (χ1n) is 10.9. The third-order valence-corrected chi connectivity index (χ3v) is 7.34. The number of benzene rings is 3. The SMILES string of the molecule is COc1ccc(C(=O)Nc2ccccc2Cn2cccn2)cc1S(=O)(=O)N(C)Cc1ccccc1. The lowest BCUT2D eigenvalue weighted by Gasteiger charge is -2.19. The van der Waals surface area contributed by atoms with Gasteiger partial charge in [0.2, 0.25) is 10.0 Å². The van der Waals surface area contributed by atoms with Gasteiger partial charge in [0, 0.05) is 37.2 Å². The fourth-order valence-electron chi connectivity index (χ4n) is 3.66. The summed E-state index contributed by atoms with van der Waals surface area (Å²) in [4.78, 5) is 13.1. The van der Waals surface area contributed by atoms with Gasteiger partial charge < -0.3 is 10.1 Å². The Morgan fingerprint density at radius 3 is 2.49 bits per heavy atom. The summed E-state index contributed by atoms with van der Waals surface area (Å²) in [6.45, 7) is 0.666. The van der Waals surface area contributed by atoms with Crippen molar-refractivity contribution in [2.75, 3.05) is 19.5 Å². The molecule has 0 fully saturated rings. The summed E-state index contributed by atoms with van der Waals surface area (Å²) < 4.78 is 35.1. The number of para-hydroxylation sites is 1. The van der Waals surface area contributed by atoms with Crippen molar-refractivity contribution in [2.45, 2.75) is 18.0 Å². The lowest BCUT2D eigenvalue weighted by molar-refractivity contribution is 0.102. The van der Waals surface area contributed by atoms with E-state index in [4.69, 9.17) is 4.74 Å². The summed E-state index contributed by atoms with van der Waals surface area (Å²) in [5, 5.41) is 7.11. The molecule has 1 heterocycles. The molecule has 0 saturated heterocycles. The number of nitrogens with one attached hydrogen (secondary N) is 1. The molecule has 0 aliphatic rings. The van der Waals surface area contributed by atoms with Crippen LogP contribution < -0.4 is 10.1 Å². The molecule has 0 unspecified atom stereocenters. The Morgan fingerprint density at radius 1 is 1.03 bits per heavy atom. The smallest absolute Gasteiger partial charge is 0.255 e. The van der Waals surface area contributed by atoms with Crippen molar-refractivity contribution in [3.63, 3.8) is 0 Å². The third kappa shape index (κ3) is 5.59. The summed E-state index contributed by atoms with van der Waals surface area (Å²) in [6, 6.07) is 22.9. The second kappa shape index (κ2) is 10.5. The standard InChI is InChI=1S/C26H26N4O4S/c1-29(18-20-9-4-3-5-10-20)35(32,33)25-17-21(13-14-24(25)34-2)26(31)28-23-12-7-6-11-22(23)19-30-16-8-15-27-30/h3-17H,18-19H2,1-2H3,(H,28,31). The molecule has 0 spiro atoms. The lowest BCUT2D eigenvalue weighted by Crippen LogP contribution is -2.27. The van der Waals surface area contributed by atoms with Crippen LogP contribution in [0, 0.1) is 0 Å². The summed E-state index contributed by atoms with van der Waals surface area (Å²) in [5.41, 5.74) is 2.54. The molecular formula is C26H26N4O4S. The Balaban J connectivity index is 1.60. The number of aromatic nitrogens is 2. The maximum atomic E-state index is 13.4. The molecule has 0 bridgehead atoms. The van der Waals surface area contributed by atoms with Crippen LogP contribution in [0.1, 0.15) is 21.5 Å². The molecule has 8 nitrogen and oxygen atoms in total. The highest BCUT2D eigenvalue weighted by Gasteiger charge is 2.26. The molecule has 3 aromatic carbocycles. The van der Waals surface area contributed by atoms with Gasteiger partial charge in [0.25, 0.3) is 5.91 Å². The number of sulfonamides is 1. The van der Waals surface area contributed by atoms with Crippen LogP contribution in [0.2, 0.25) is 0 Å². The minimum atomic E-state index is -3.93. The minimum Gasteiger partial charge on any atom is -0.495 e. The van der Waals surface area contributed by atoms with E-state index in [0.29, 0.717) is 12.2 Å². The van der Waals surface area contributed by atoms with Gasteiger partial charge in [0.05, 0.1) is 13.7 Å². The van der Waals surface area contributed by atoms with E-state index >= 15 is 0 Å². The van der Waals surface area contributed by atoms with Crippen LogP contribution in [0.4, 0.5) is 5.69 Å². The molecule has 0 saturated carbocycles. The highest BCUT2D eigenvalue weighted by Crippen LogP contribution is 2.29. The van der Waals surface area contributed by atoms with E-state index in [1.165, 1.54) is 30.6 Å². The molecule has 4 aromatic rings. The van der Waals surface area contributed by atoms with Gasteiger partial charge >= 0.3 is 0 Å². The Bertz CT molecular complexity index is 1400. The zero-order valence-electron chi connectivity index (χ0n) is 19.5. The number of nitrogens with zero attached hydrogens (tertiary/aromatic N) is 3. The molecule has 0 aliphatic carbocycles. The monoisotopic (exact) mass is 490 g/mol. The van der Waals surface area contributed by atoms with E-state index in [2.05, 4.69) is 10.4 Å². The average Bonchev–Trinajstić information content (AvgIpc) is 3.38. The number of rotatable bonds is 9. The van der Waals surface area contributed by atoms with Gasteiger partial charge in [-0.2, -0.15) is 9.40 Å². The van der Waals surface area contributed by atoms with Crippen LogP contribution in [0.3, 0.4) is 0 Å². The molecule has 35 heavy (non-hydrogen) atoms. The maximum Gasteiger partial charge on any atom is 0.255 e. The summed E-state index contributed by atoms with van der Waals surface area (Å²) in [5.74, 6) is -0.261. The average molecular weight is 491 g/mol.